The Morgan fingerprint density at radius 2 is 1.88 bits per heavy atom. The van der Waals surface area contributed by atoms with Gasteiger partial charge in [-0.2, -0.15) is 4.39 Å². The van der Waals surface area contributed by atoms with Gasteiger partial charge >= 0.3 is 5.97 Å². The van der Waals surface area contributed by atoms with Crippen molar-refractivity contribution in [3.8, 4) is 0 Å². The number of carboxylic acids is 1. The van der Waals surface area contributed by atoms with Crippen LogP contribution in [0.15, 0.2) is 28.9 Å². The van der Waals surface area contributed by atoms with Gasteiger partial charge in [-0.1, -0.05) is 6.92 Å². The van der Waals surface area contributed by atoms with Gasteiger partial charge in [0.1, 0.15) is 12.0 Å². The lowest BCUT2D eigenvalue weighted by molar-refractivity contribution is 0.0696. The smallest absolute Gasteiger partial charge is 0.335 e. The van der Waals surface area contributed by atoms with E-state index in [9.17, 15) is 23.5 Å². The number of halogens is 2. The van der Waals surface area contributed by atoms with Gasteiger partial charge in [-0.15, -0.1) is 0 Å². The first-order valence-corrected chi connectivity index (χ1v) is 7.37. The number of hydrogen-bond donors (Lipinski definition) is 1. The molecule has 1 N–H and O–H groups in total. The van der Waals surface area contributed by atoms with E-state index in [0.717, 1.165) is 6.42 Å². The van der Waals surface area contributed by atoms with E-state index in [0.29, 0.717) is 18.4 Å². The molecule has 128 valence electrons. The van der Waals surface area contributed by atoms with Gasteiger partial charge in [0, 0.05) is 25.6 Å². The van der Waals surface area contributed by atoms with Crippen LogP contribution in [0.2, 0.25) is 0 Å². The summed E-state index contributed by atoms with van der Waals surface area (Å²) in [5.74, 6) is -4.04. The maximum atomic E-state index is 13.5. The summed E-state index contributed by atoms with van der Waals surface area (Å²) in [6.45, 7) is 2.43. The van der Waals surface area contributed by atoms with Gasteiger partial charge in [-0.3, -0.25) is 4.79 Å². The molecule has 1 heterocycles. The molecule has 0 aliphatic rings. The quantitative estimate of drug-likeness (QED) is 0.878. The third kappa shape index (κ3) is 3.79. The van der Waals surface area contributed by atoms with Crippen molar-refractivity contribution in [3.05, 3.63) is 58.5 Å². The third-order valence-corrected chi connectivity index (χ3v) is 3.52. The second kappa shape index (κ2) is 7.25. The lowest BCUT2D eigenvalue weighted by Crippen LogP contribution is -2.27. The van der Waals surface area contributed by atoms with Gasteiger partial charge in [-0.25, -0.2) is 9.18 Å². The van der Waals surface area contributed by atoms with Crippen molar-refractivity contribution in [2.24, 2.45) is 0 Å². The first-order valence-electron chi connectivity index (χ1n) is 7.37. The molecule has 2 aromatic rings. The lowest BCUT2D eigenvalue weighted by Gasteiger charge is -2.17. The van der Waals surface area contributed by atoms with Gasteiger partial charge in [0.05, 0.1) is 5.56 Å². The summed E-state index contributed by atoms with van der Waals surface area (Å²) in [5, 5.41) is 9.20. The normalized spacial score (nSPS) is 10.7. The number of carboxylic acid groups (broad SMARTS) is 1. The van der Waals surface area contributed by atoms with E-state index in [2.05, 4.69) is 0 Å². The number of aromatic carboxylic acids is 1. The summed E-state index contributed by atoms with van der Waals surface area (Å²) in [5.41, 5.74) is 0.415. The third-order valence-electron chi connectivity index (χ3n) is 3.52. The predicted molar refractivity (Wildman–Crippen MR) is 82.1 cm³/mol. The topological polar surface area (TPSA) is 70.8 Å². The number of benzene rings is 1. The summed E-state index contributed by atoms with van der Waals surface area (Å²) in [6.07, 6.45) is 1.24. The molecular weight excluding hydrogens is 320 g/mol. The summed E-state index contributed by atoms with van der Waals surface area (Å²) in [4.78, 5) is 25.1. The monoisotopic (exact) mass is 337 g/mol. The van der Waals surface area contributed by atoms with Crippen LogP contribution in [-0.2, 0) is 6.42 Å². The van der Waals surface area contributed by atoms with Crippen LogP contribution in [0.5, 0.6) is 0 Å². The van der Waals surface area contributed by atoms with Gasteiger partial charge < -0.3 is 14.4 Å². The van der Waals surface area contributed by atoms with E-state index in [1.54, 1.807) is 7.05 Å². The van der Waals surface area contributed by atoms with Crippen LogP contribution in [-0.4, -0.2) is 35.5 Å². The second-order valence-corrected chi connectivity index (χ2v) is 5.45. The molecule has 0 saturated carbocycles. The van der Waals surface area contributed by atoms with Gasteiger partial charge in [0.2, 0.25) is 5.82 Å². The van der Waals surface area contributed by atoms with E-state index in [4.69, 9.17) is 4.42 Å². The fraction of sp³-hybridized carbons (Fsp3) is 0.294. The largest absolute Gasteiger partial charge is 0.478 e. The molecule has 0 unspecified atom stereocenters. The maximum Gasteiger partial charge on any atom is 0.335 e. The van der Waals surface area contributed by atoms with E-state index >= 15 is 0 Å². The number of carbonyl (C=O) groups is 2. The van der Waals surface area contributed by atoms with Gasteiger partial charge in [-0.05, 0) is 30.2 Å². The van der Waals surface area contributed by atoms with Crippen molar-refractivity contribution in [3.63, 3.8) is 0 Å². The summed E-state index contributed by atoms with van der Waals surface area (Å²) in [6, 6.07) is 4.03. The molecule has 0 bridgehead atoms. The Kier molecular flexibility index (Phi) is 5.33. The zero-order valence-electron chi connectivity index (χ0n) is 13.3. The fourth-order valence-electron chi connectivity index (χ4n) is 2.36. The molecule has 0 saturated heterocycles. The van der Waals surface area contributed by atoms with Crippen LogP contribution in [0.4, 0.5) is 8.78 Å². The van der Waals surface area contributed by atoms with Crippen LogP contribution in [0, 0.1) is 11.6 Å². The number of carbonyl (C=O) groups excluding carboxylic acids is 1. The molecule has 0 spiro atoms. The molecule has 1 aromatic heterocycles. The van der Waals surface area contributed by atoms with Crippen molar-refractivity contribution >= 4 is 11.9 Å². The van der Waals surface area contributed by atoms with Crippen LogP contribution in [0.1, 0.15) is 45.4 Å². The fourth-order valence-corrected chi connectivity index (χ4v) is 2.36. The Hall–Kier alpha value is -2.70. The highest BCUT2D eigenvalue weighted by Crippen LogP contribution is 2.20. The molecule has 1 aromatic carbocycles. The standard InChI is InChI=1S/C17H17F2NO4/c1-3-4-20(2)16(21)11-5-10(6-12(8-11)17(22)23)7-14-15(19)13(18)9-24-14/h5-6,8-9H,3-4,7H2,1-2H3,(H,22,23). The molecule has 5 nitrogen and oxygen atoms in total. The lowest BCUT2D eigenvalue weighted by atomic mass is 10.0. The number of rotatable bonds is 6. The Morgan fingerprint density at radius 3 is 2.42 bits per heavy atom. The van der Waals surface area contributed by atoms with Crippen molar-refractivity contribution < 1.29 is 27.9 Å². The highest BCUT2D eigenvalue weighted by molar-refractivity contribution is 5.97. The maximum absolute atomic E-state index is 13.5. The Bertz CT molecular complexity index is 770. The zero-order chi connectivity index (χ0) is 17.9. The van der Waals surface area contributed by atoms with E-state index < -0.39 is 17.6 Å². The van der Waals surface area contributed by atoms with Crippen molar-refractivity contribution in [1.82, 2.24) is 4.90 Å². The number of furan rings is 1. The van der Waals surface area contributed by atoms with Gasteiger partial charge in [0.15, 0.2) is 5.82 Å². The molecular formula is C17H17F2NO4. The average molecular weight is 337 g/mol. The molecule has 0 aliphatic heterocycles. The van der Waals surface area contributed by atoms with E-state index in [1.165, 1.54) is 23.1 Å². The minimum atomic E-state index is -1.21. The average Bonchev–Trinajstić information content (AvgIpc) is 2.86. The first kappa shape index (κ1) is 17.7. The second-order valence-electron chi connectivity index (χ2n) is 5.45. The SMILES string of the molecule is CCCN(C)C(=O)c1cc(Cc2occ(F)c2F)cc(C(=O)O)c1. The van der Waals surface area contributed by atoms with Crippen LogP contribution < -0.4 is 0 Å². The van der Waals surface area contributed by atoms with E-state index in [-0.39, 0.29) is 29.2 Å². The Balaban J connectivity index is 2.39. The number of nitrogens with zero attached hydrogens (tertiary/aromatic N) is 1. The summed E-state index contributed by atoms with van der Waals surface area (Å²) < 4.78 is 31.4. The molecule has 24 heavy (non-hydrogen) atoms. The molecule has 0 aliphatic carbocycles. The van der Waals surface area contributed by atoms with Crippen LogP contribution in [0.25, 0.3) is 0 Å². The zero-order valence-corrected chi connectivity index (χ0v) is 13.3. The molecule has 1 amide bonds. The summed E-state index contributed by atoms with van der Waals surface area (Å²) in [7, 11) is 1.61. The Morgan fingerprint density at radius 1 is 1.21 bits per heavy atom. The van der Waals surface area contributed by atoms with Crippen LogP contribution >= 0.6 is 0 Å². The first-order chi connectivity index (χ1) is 11.3. The molecule has 0 radical (unpaired) electrons. The number of amides is 1. The van der Waals surface area contributed by atoms with Gasteiger partial charge in [0.25, 0.3) is 5.91 Å². The minimum absolute atomic E-state index is 0.104. The predicted octanol–water partition coefficient (Wildman–Crippen LogP) is 3.33. The molecule has 0 atom stereocenters. The minimum Gasteiger partial charge on any atom is -0.478 e. The Labute approximate surface area is 137 Å². The van der Waals surface area contributed by atoms with Crippen LogP contribution in [0.3, 0.4) is 0 Å². The molecule has 0 fully saturated rings. The highest BCUT2D eigenvalue weighted by atomic mass is 19.2. The molecule has 2 rings (SSSR count). The number of hydrogen-bond acceptors (Lipinski definition) is 3. The van der Waals surface area contributed by atoms with E-state index in [1.807, 2.05) is 6.92 Å². The van der Waals surface area contributed by atoms with Crippen molar-refractivity contribution in [2.75, 3.05) is 13.6 Å². The van der Waals surface area contributed by atoms with Crippen molar-refractivity contribution in [1.29, 1.82) is 0 Å². The highest BCUT2D eigenvalue weighted by Gasteiger charge is 2.18. The summed E-state index contributed by atoms with van der Waals surface area (Å²) >= 11 is 0. The molecule has 7 heteroatoms. The van der Waals surface area contributed by atoms with Crippen molar-refractivity contribution in [2.45, 2.75) is 19.8 Å².